The molecule has 1 rings (SSSR count). The van der Waals surface area contributed by atoms with Gasteiger partial charge in [-0.15, -0.1) is 0 Å². The van der Waals surface area contributed by atoms with Crippen molar-refractivity contribution in [2.45, 2.75) is 33.6 Å². The Kier molecular flexibility index (Phi) is 3.05. The lowest BCUT2D eigenvalue weighted by Crippen LogP contribution is -1.99. The van der Waals surface area contributed by atoms with Gasteiger partial charge < -0.3 is 5.11 Å². The van der Waals surface area contributed by atoms with Gasteiger partial charge in [-0.1, -0.05) is 25.4 Å². The Balaban J connectivity index is 3.60. The summed E-state index contributed by atoms with van der Waals surface area (Å²) < 4.78 is 13.7. The Morgan fingerprint density at radius 1 is 1.21 bits per heavy atom. The van der Waals surface area contributed by atoms with Gasteiger partial charge >= 0.3 is 0 Å². The SMILES string of the molecule is Cc1c(C)c(Cl)c(F)c(C(C)C)c1O. The fourth-order valence-corrected chi connectivity index (χ4v) is 1.70. The van der Waals surface area contributed by atoms with Crippen LogP contribution in [0.3, 0.4) is 0 Å². The lowest BCUT2D eigenvalue weighted by molar-refractivity contribution is 0.449. The minimum absolute atomic E-state index is 0.0272. The number of phenolic OH excluding ortho intramolecular Hbond substituents is 1. The minimum Gasteiger partial charge on any atom is -0.507 e. The molecule has 1 nitrogen and oxygen atoms in total. The van der Waals surface area contributed by atoms with Crippen molar-refractivity contribution in [2.24, 2.45) is 0 Å². The van der Waals surface area contributed by atoms with Crippen molar-refractivity contribution < 1.29 is 9.50 Å². The second kappa shape index (κ2) is 3.77. The normalized spacial score (nSPS) is 11.1. The largest absolute Gasteiger partial charge is 0.507 e. The van der Waals surface area contributed by atoms with Crippen LogP contribution in [-0.4, -0.2) is 5.11 Å². The molecule has 3 heteroatoms. The third-order valence-corrected chi connectivity index (χ3v) is 2.96. The molecule has 0 atom stereocenters. The molecule has 0 heterocycles. The highest BCUT2D eigenvalue weighted by Gasteiger charge is 2.20. The molecule has 0 aromatic heterocycles. The molecule has 0 saturated carbocycles. The summed E-state index contributed by atoms with van der Waals surface area (Å²) in [4.78, 5) is 0. The zero-order chi connectivity index (χ0) is 11.0. The highest BCUT2D eigenvalue weighted by Crippen LogP contribution is 2.38. The summed E-state index contributed by atoms with van der Waals surface area (Å²) in [6.07, 6.45) is 0. The van der Waals surface area contributed by atoms with Gasteiger partial charge in [0, 0.05) is 5.56 Å². The maximum Gasteiger partial charge on any atom is 0.149 e. The van der Waals surface area contributed by atoms with E-state index in [4.69, 9.17) is 11.6 Å². The summed E-state index contributed by atoms with van der Waals surface area (Å²) in [6.45, 7) is 7.08. The van der Waals surface area contributed by atoms with Gasteiger partial charge in [-0.25, -0.2) is 4.39 Å². The van der Waals surface area contributed by atoms with Crippen molar-refractivity contribution in [3.8, 4) is 5.75 Å². The van der Waals surface area contributed by atoms with Crippen molar-refractivity contribution in [3.05, 3.63) is 27.5 Å². The van der Waals surface area contributed by atoms with Crippen LogP contribution in [0.15, 0.2) is 0 Å². The number of rotatable bonds is 1. The highest BCUT2D eigenvalue weighted by atomic mass is 35.5. The molecule has 1 aromatic carbocycles. The van der Waals surface area contributed by atoms with Crippen LogP contribution in [0.1, 0.15) is 36.5 Å². The predicted molar refractivity (Wildman–Crippen MR) is 56.6 cm³/mol. The molecule has 1 aromatic rings. The number of hydrogen-bond acceptors (Lipinski definition) is 1. The Morgan fingerprint density at radius 2 is 1.71 bits per heavy atom. The average Bonchev–Trinajstić information content (AvgIpc) is 2.11. The van der Waals surface area contributed by atoms with Crippen LogP contribution in [0.5, 0.6) is 5.75 Å². The van der Waals surface area contributed by atoms with Gasteiger partial charge in [0.2, 0.25) is 0 Å². The summed E-state index contributed by atoms with van der Waals surface area (Å²) in [5.74, 6) is -0.548. The minimum atomic E-state index is -0.498. The third-order valence-electron chi connectivity index (χ3n) is 2.51. The molecule has 0 radical (unpaired) electrons. The highest BCUT2D eigenvalue weighted by molar-refractivity contribution is 6.31. The topological polar surface area (TPSA) is 20.2 Å². The van der Waals surface area contributed by atoms with Crippen molar-refractivity contribution in [1.82, 2.24) is 0 Å². The molecule has 0 spiro atoms. The van der Waals surface area contributed by atoms with E-state index in [1.165, 1.54) is 0 Å². The number of halogens is 2. The van der Waals surface area contributed by atoms with Crippen molar-refractivity contribution in [2.75, 3.05) is 0 Å². The first-order chi connectivity index (χ1) is 6.37. The van der Waals surface area contributed by atoms with Crippen LogP contribution in [0.2, 0.25) is 5.02 Å². The fourth-order valence-electron chi connectivity index (χ4n) is 1.46. The fraction of sp³-hybridized carbons (Fsp3) is 0.455. The monoisotopic (exact) mass is 216 g/mol. The van der Waals surface area contributed by atoms with E-state index in [1.807, 2.05) is 13.8 Å². The van der Waals surface area contributed by atoms with Crippen LogP contribution >= 0.6 is 11.6 Å². The van der Waals surface area contributed by atoms with Gasteiger partial charge in [-0.2, -0.15) is 0 Å². The smallest absolute Gasteiger partial charge is 0.149 e. The summed E-state index contributed by atoms with van der Waals surface area (Å²) in [5, 5.41) is 9.87. The van der Waals surface area contributed by atoms with E-state index in [2.05, 4.69) is 0 Å². The summed E-state index contributed by atoms with van der Waals surface area (Å²) in [5.41, 5.74) is 1.56. The zero-order valence-corrected chi connectivity index (χ0v) is 9.54. The first-order valence-electron chi connectivity index (χ1n) is 4.54. The molecule has 0 aliphatic carbocycles. The van der Waals surface area contributed by atoms with Crippen molar-refractivity contribution in [3.63, 3.8) is 0 Å². The zero-order valence-electron chi connectivity index (χ0n) is 8.78. The van der Waals surface area contributed by atoms with E-state index in [1.54, 1.807) is 13.8 Å². The third kappa shape index (κ3) is 1.59. The van der Waals surface area contributed by atoms with Gasteiger partial charge in [0.05, 0.1) is 5.02 Å². The summed E-state index contributed by atoms with van der Waals surface area (Å²) in [6, 6.07) is 0. The molecule has 0 fully saturated rings. The molecule has 0 unspecified atom stereocenters. The van der Waals surface area contributed by atoms with E-state index < -0.39 is 5.82 Å². The second-order valence-corrected chi connectivity index (χ2v) is 4.17. The lowest BCUT2D eigenvalue weighted by atomic mass is 9.96. The molecular formula is C11H14ClFO. The van der Waals surface area contributed by atoms with Crippen LogP contribution < -0.4 is 0 Å². The van der Waals surface area contributed by atoms with E-state index in [9.17, 15) is 9.50 Å². The number of hydrogen-bond donors (Lipinski definition) is 1. The molecule has 0 aliphatic rings. The van der Waals surface area contributed by atoms with Gasteiger partial charge in [0.15, 0.2) is 0 Å². The molecule has 14 heavy (non-hydrogen) atoms. The van der Waals surface area contributed by atoms with Crippen molar-refractivity contribution >= 4 is 11.6 Å². The van der Waals surface area contributed by atoms with Gasteiger partial charge in [-0.05, 0) is 30.9 Å². The Bertz CT molecular complexity index is 343. The van der Waals surface area contributed by atoms with E-state index >= 15 is 0 Å². The van der Waals surface area contributed by atoms with E-state index in [0.29, 0.717) is 16.7 Å². The number of benzene rings is 1. The Hall–Kier alpha value is -0.760. The Morgan fingerprint density at radius 3 is 2.14 bits per heavy atom. The molecule has 78 valence electrons. The first kappa shape index (κ1) is 11.3. The lowest BCUT2D eigenvalue weighted by Gasteiger charge is -2.15. The quantitative estimate of drug-likeness (QED) is 0.754. The standard InChI is InChI=1S/C11H14ClFO/c1-5(2)8-10(13)9(12)6(3)7(4)11(8)14/h5,14H,1-4H3. The summed E-state index contributed by atoms with van der Waals surface area (Å²) >= 11 is 5.82. The average molecular weight is 217 g/mol. The molecule has 0 aliphatic heterocycles. The molecule has 0 bridgehead atoms. The Labute approximate surface area is 88.5 Å². The second-order valence-electron chi connectivity index (χ2n) is 3.79. The van der Waals surface area contributed by atoms with Crippen LogP contribution in [-0.2, 0) is 0 Å². The van der Waals surface area contributed by atoms with Crippen molar-refractivity contribution in [1.29, 1.82) is 0 Å². The molecule has 0 amide bonds. The maximum absolute atomic E-state index is 13.7. The number of aromatic hydroxyl groups is 1. The van der Waals surface area contributed by atoms with Crippen LogP contribution in [0.4, 0.5) is 4.39 Å². The van der Waals surface area contributed by atoms with E-state index in [0.717, 1.165) is 0 Å². The molecule has 0 saturated heterocycles. The van der Waals surface area contributed by atoms with Gasteiger partial charge in [0.25, 0.3) is 0 Å². The molecular weight excluding hydrogens is 203 g/mol. The summed E-state index contributed by atoms with van der Waals surface area (Å²) in [7, 11) is 0. The number of phenols is 1. The van der Waals surface area contributed by atoms with Crippen LogP contribution in [0.25, 0.3) is 0 Å². The maximum atomic E-state index is 13.7. The predicted octanol–water partition coefficient (Wildman–Crippen LogP) is 3.92. The van der Waals surface area contributed by atoms with Gasteiger partial charge in [0.1, 0.15) is 11.6 Å². The van der Waals surface area contributed by atoms with Crippen LogP contribution in [0, 0.1) is 19.7 Å². The first-order valence-corrected chi connectivity index (χ1v) is 4.92. The van der Waals surface area contributed by atoms with E-state index in [-0.39, 0.29) is 16.7 Å². The molecule has 1 N–H and O–H groups in total. The van der Waals surface area contributed by atoms with Gasteiger partial charge in [-0.3, -0.25) is 0 Å².